The van der Waals surface area contributed by atoms with Gasteiger partial charge in [-0.15, -0.1) is 0 Å². The van der Waals surface area contributed by atoms with E-state index in [9.17, 15) is 29.1 Å². The molecule has 0 aromatic carbocycles. The quantitative estimate of drug-likeness (QED) is 0.115. The number of carbonyl (C=O) groups excluding carboxylic acids is 4. The Morgan fingerprint density at radius 3 is 2.16 bits per heavy atom. The fraction of sp³-hybridized carbons (Fsp3) is 0.792. The number of nitrogens with one attached hydrogen (secondary N) is 4. The van der Waals surface area contributed by atoms with Gasteiger partial charge in [0.05, 0.1) is 13.1 Å². The molecule has 0 radical (unpaired) electrons. The molecule has 0 aromatic heterocycles. The SMILES string of the molecule is CCCC(C)NC1(C(=O)O)CCN(C(=O)[C@@H](CCCCN)NC(=O)CNC(=O)[C@@H](C)NC(=O)CN)CC1. The molecular weight excluding hydrogens is 482 g/mol. The third-order valence-electron chi connectivity index (χ3n) is 6.54. The Balaban J connectivity index is 2.76. The predicted octanol–water partition coefficient (Wildman–Crippen LogP) is -1.60. The van der Waals surface area contributed by atoms with E-state index in [0.717, 1.165) is 12.8 Å². The molecular formula is C24H45N7O6. The molecule has 13 nitrogen and oxygen atoms in total. The van der Waals surface area contributed by atoms with Crippen LogP contribution in [0.3, 0.4) is 0 Å². The summed E-state index contributed by atoms with van der Waals surface area (Å²) in [4.78, 5) is 63.0. The summed E-state index contributed by atoms with van der Waals surface area (Å²) >= 11 is 0. The summed E-state index contributed by atoms with van der Waals surface area (Å²) in [5.41, 5.74) is 9.70. The van der Waals surface area contributed by atoms with Crippen molar-refractivity contribution < 1.29 is 29.1 Å². The molecule has 0 aliphatic carbocycles. The number of nitrogens with two attached hydrogens (primary N) is 2. The minimum absolute atomic E-state index is 0.0354. The Hall–Kier alpha value is -2.77. The van der Waals surface area contributed by atoms with E-state index < -0.39 is 41.3 Å². The summed E-state index contributed by atoms with van der Waals surface area (Å²) in [6.45, 7) is 5.77. The second-order valence-corrected chi connectivity index (χ2v) is 9.66. The van der Waals surface area contributed by atoms with Crippen LogP contribution in [0.15, 0.2) is 0 Å². The molecule has 0 aromatic rings. The number of likely N-dealkylation sites (tertiary alicyclic amines) is 1. The van der Waals surface area contributed by atoms with Crippen LogP contribution in [0.5, 0.6) is 0 Å². The monoisotopic (exact) mass is 527 g/mol. The molecule has 1 saturated heterocycles. The topological polar surface area (TPSA) is 209 Å². The molecule has 37 heavy (non-hydrogen) atoms. The van der Waals surface area contributed by atoms with Gasteiger partial charge in [-0.05, 0) is 58.9 Å². The first-order chi connectivity index (χ1) is 17.5. The number of hydrogen-bond donors (Lipinski definition) is 7. The van der Waals surface area contributed by atoms with Crippen molar-refractivity contribution in [2.75, 3.05) is 32.7 Å². The van der Waals surface area contributed by atoms with Crippen molar-refractivity contribution in [3.63, 3.8) is 0 Å². The van der Waals surface area contributed by atoms with E-state index in [4.69, 9.17) is 11.5 Å². The number of aliphatic carboxylic acids is 1. The van der Waals surface area contributed by atoms with Gasteiger partial charge < -0.3 is 37.4 Å². The van der Waals surface area contributed by atoms with E-state index in [2.05, 4.69) is 21.3 Å². The highest BCUT2D eigenvalue weighted by Gasteiger charge is 2.43. The molecule has 1 aliphatic rings. The summed E-state index contributed by atoms with van der Waals surface area (Å²) in [6.07, 6.45) is 3.95. The maximum Gasteiger partial charge on any atom is 0.324 e. The average Bonchev–Trinajstić information content (AvgIpc) is 2.86. The largest absolute Gasteiger partial charge is 0.480 e. The molecule has 1 unspecified atom stereocenters. The van der Waals surface area contributed by atoms with Crippen LogP contribution in [0.2, 0.25) is 0 Å². The standard InChI is InChI=1S/C24H45N7O6/c1-4-7-16(2)30-24(23(36)37)9-12-31(13-10-24)22(35)18(8-5-6-11-25)29-20(33)15-27-21(34)17(3)28-19(32)14-26/h16-18,30H,4-15,25-26H2,1-3H3,(H,27,34)(H,28,32)(H,29,33)(H,36,37)/t16?,17-,18-/m1/s1. The normalized spacial score (nSPS) is 17.3. The van der Waals surface area contributed by atoms with Crippen LogP contribution in [0.4, 0.5) is 0 Å². The van der Waals surface area contributed by atoms with Crippen LogP contribution < -0.4 is 32.7 Å². The molecule has 9 N–H and O–H groups in total. The summed E-state index contributed by atoms with van der Waals surface area (Å²) in [5.74, 6) is -2.83. The van der Waals surface area contributed by atoms with Gasteiger partial charge in [-0.2, -0.15) is 0 Å². The minimum atomic E-state index is -1.09. The van der Waals surface area contributed by atoms with Crippen LogP contribution in [0.1, 0.15) is 65.7 Å². The van der Waals surface area contributed by atoms with Gasteiger partial charge in [-0.1, -0.05) is 13.3 Å². The van der Waals surface area contributed by atoms with Crippen LogP contribution in [0.25, 0.3) is 0 Å². The molecule has 212 valence electrons. The maximum atomic E-state index is 13.3. The summed E-state index contributed by atoms with van der Waals surface area (Å²) in [5, 5.41) is 20.7. The number of carboxylic acid groups (broad SMARTS) is 1. The molecule has 1 rings (SSSR count). The second kappa shape index (κ2) is 16.2. The van der Waals surface area contributed by atoms with Gasteiger partial charge >= 0.3 is 5.97 Å². The maximum absolute atomic E-state index is 13.3. The van der Waals surface area contributed by atoms with Gasteiger partial charge in [0.15, 0.2) is 0 Å². The van der Waals surface area contributed by atoms with Gasteiger partial charge in [-0.3, -0.25) is 29.3 Å². The van der Waals surface area contributed by atoms with Gasteiger partial charge in [-0.25, -0.2) is 0 Å². The summed E-state index contributed by atoms with van der Waals surface area (Å²) in [6, 6.07) is -1.66. The second-order valence-electron chi connectivity index (χ2n) is 9.66. The molecule has 13 heteroatoms. The van der Waals surface area contributed by atoms with E-state index in [1.165, 1.54) is 6.92 Å². The van der Waals surface area contributed by atoms with Gasteiger partial charge in [0.25, 0.3) is 0 Å². The summed E-state index contributed by atoms with van der Waals surface area (Å²) < 4.78 is 0. The van der Waals surface area contributed by atoms with Crippen molar-refractivity contribution in [1.82, 2.24) is 26.2 Å². The third kappa shape index (κ3) is 10.6. The van der Waals surface area contributed by atoms with E-state index in [1.54, 1.807) is 4.90 Å². The zero-order valence-electron chi connectivity index (χ0n) is 22.3. The van der Waals surface area contributed by atoms with Crippen molar-refractivity contribution in [3.05, 3.63) is 0 Å². The Kier molecular flexibility index (Phi) is 14.1. The molecule has 0 bridgehead atoms. The Morgan fingerprint density at radius 1 is 0.973 bits per heavy atom. The summed E-state index contributed by atoms with van der Waals surface area (Å²) in [7, 11) is 0. The molecule has 3 atom stereocenters. The molecule has 1 aliphatic heterocycles. The first-order valence-electron chi connectivity index (χ1n) is 13.1. The molecule has 1 fully saturated rings. The molecule has 4 amide bonds. The first-order valence-corrected chi connectivity index (χ1v) is 13.1. The number of unbranched alkanes of at least 4 members (excludes halogenated alkanes) is 1. The lowest BCUT2D eigenvalue weighted by Gasteiger charge is -2.42. The fourth-order valence-electron chi connectivity index (χ4n) is 4.41. The average molecular weight is 528 g/mol. The van der Waals surface area contributed by atoms with Crippen molar-refractivity contribution in [3.8, 4) is 0 Å². The zero-order chi connectivity index (χ0) is 28.0. The van der Waals surface area contributed by atoms with Crippen LogP contribution in [-0.4, -0.2) is 96.0 Å². The lowest BCUT2D eigenvalue weighted by atomic mass is 9.86. The van der Waals surface area contributed by atoms with Crippen molar-refractivity contribution in [2.45, 2.75) is 89.4 Å². The number of amides is 4. The zero-order valence-corrected chi connectivity index (χ0v) is 22.3. The number of carbonyl (C=O) groups is 5. The predicted molar refractivity (Wildman–Crippen MR) is 138 cm³/mol. The Morgan fingerprint density at radius 2 is 1.62 bits per heavy atom. The fourth-order valence-corrected chi connectivity index (χ4v) is 4.41. The van der Waals surface area contributed by atoms with E-state index in [-0.39, 0.29) is 51.0 Å². The first kappa shape index (κ1) is 32.3. The molecule has 0 spiro atoms. The Labute approximate surface area is 218 Å². The number of rotatable bonds is 16. The number of hydrogen-bond acceptors (Lipinski definition) is 8. The molecule has 0 saturated carbocycles. The van der Waals surface area contributed by atoms with Gasteiger partial charge in [0, 0.05) is 19.1 Å². The van der Waals surface area contributed by atoms with Crippen LogP contribution in [0, 0.1) is 0 Å². The Bertz CT molecular complexity index is 786. The van der Waals surface area contributed by atoms with Crippen molar-refractivity contribution >= 4 is 29.6 Å². The van der Waals surface area contributed by atoms with Crippen LogP contribution in [-0.2, 0) is 24.0 Å². The van der Waals surface area contributed by atoms with E-state index >= 15 is 0 Å². The van der Waals surface area contributed by atoms with Crippen molar-refractivity contribution in [1.29, 1.82) is 0 Å². The van der Waals surface area contributed by atoms with Crippen LogP contribution >= 0.6 is 0 Å². The third-order valence-corrected chi connectivity index (χ3v) is 6.54. The van der Waals surface area contributed by atoms with E-state index in [1.807, 2.05) is 13.8 Å². The van der Waals surface area contributed by atoms with E-state index in [0.29, 0.717) is 25.8 Å². The van der Waals surface area contributed by atoms with Gasteiger partial charge in [0.2, 0.25) is 23.6 Å². The number of piperidine rings is 1. The number of nitrogens with zero attached hydrogens (tertiary/aromatic N) is 1. The highest BCUT2D eigenvalue weighted by Crippen LogP contribution is 2.25. The lowest BCUT2D eigenvalue weighted by molar-refractivity contribution is -0.150. The minimum Gasteiger partial charge on any atom is -0.480 e. The number of carboxylic acids is 1. The van der Waals surface area contributed by atoms with Crippen molar-refractivity contribution in [2.24, 2.45) is 11.5 Å². The highest BCUT2D eigenvalue weighted by atomic mass is 16.4. The lowest BCUT2D eigenvalue weighted by Crippen LogP contribution is -2.62. The highest BCUT2D eigenvalue weighted by molar-refractivity contribution is 5.92. The smallest absolute Gasteiger partial charge is 0.324 e. The van der Waals surface area contributed by atoms with Gasteiger partial charge in [0.1, 0.15) is 17.6 Å². The molecule has 1 heterocycles.